The van der Waals surface area contributed by atoms with Gasteiger partial charge in [-0.3, -0.25) is 0 Å². The van der Waals surface area contributed by atoms with Gasteiger partial charge in [-0.25, -0.2) is 14.6 Å². The van der Waals surface area contributed by atoms with Crippen molar-refractivity contribution in [3.63, 3.8) is 0 Å². The van der Waals surface area contributed by atoms with Crippen molar-refractivity contribution in [1.82, 2.24) is 19.7 Å². The van der Waals surface area contributed by atoms with Crippen LogP contribution in [0.25, 0.3) is 22.3 Å². The summed E-state index contributed by atoms with van der Waals surface area (Å²) in [5.41, 5.74) is 2.87. The van der Waals surface area contributed by atoms with E-state index >= 15 is 0 Å². The van der Waals surface area contributed by atoms with E-state index in [0.717, 1.165) is 22.3 Å². The number of rotatable bonds is 1. The van der Waals surface area contributed by atoms with Gasteiger partial charge in [0.05, 0.1) is 5.39 Å². The summed E-state index contributed by atoms with van der Waals surface area (Å²) in [6.07, 6.45) is 3.34. The van der Waals surface area contributed by atoms with Crippen molar-refractivity contribution in [2.24, 2.45) is 7.05 Å². The van der Waals surface area contributed by atoms with Crippen molar-refractivity contribution in [2.75, 3.05) is 0 Å². The molecule has 2 heterocycles. The summed E-state index contributed by atoms with van der Waals surface area (Å²) in [4.78, 5) is 8.26. The van der Waals surface area contributed by atoms with Crippen LogP contribution in [0.5, 0.6) is 0 Å². The quantitative estimate of drug-likeness (QED) is 0.617. The van der Waals surface area contributed by atoms with Gasteiger partial charge >= 0.3 is 0 Å². The molecule has 4 heteroatoms. The van der Waals surface area contributed by atoms with Gasteiger partial charge in [-0.1, -0.05) is 30.3 Å². The number of aryl methyl sites for hydroxylation is 1. The molecule has 0 aliphatic heterocycles. The van der Waals surface area contributed by atoms with Crippen molar-refractivity contribution in [3.8, 4) is 11.3 Å². The van der Waals surface area contributed by atoms with E-state index < -0.39 is 0 Å². The topological polar surface area (TPSA) is 43.6 Å². The third-order valence-corrected chi connectivity index (χ3v) is 2.55. The molecule has 3 rings (SSSR count). The molecule has 0 amide bonds. The Balaban J connectivity index is 2.33. The minimum Gasteiger partial charge on any atom is -0.250 e. The Kier molecular flexibility index (Phi) is 1.93. The Bertz CT molecular complexity index is 628. The van der Waals surface area contributed by atoms with Crippen LogP contribution in [0.3, 0.4) is 0 Å². The van der Waals surface area contributed by atoms with Crippen LogP contribution in [0.1, 0.15) is 0 Å². The fraction of sp³-hybridized carbons (Fsp3) is 0.0833. The first-order chi connectivity index (χ1) is 7.86. The Morgan fingerprint density at radius 3 is 2.75 bits per heavy atom. The van der Waals surface area contributed by atoms with E-state index in [0.29, 0.717) is 0 Å². The standard InChI is InChI=1S/C12H10N4/c1-16-12-10(7-13-8-14-12)11(15-16)9-5-3-2-4-6-9/h2-8H,1H3. The van der Waals surface area contributed by atoms with E-state index in [1.807, 2.05) is 37.4 Å². The van der Waals surface area contributed by atoms with Gasteiger partial charge in [-0.2, -0.15) is 5.10 Å². The first-order valence-electron chi connectivity index (χ1n) is 5.04. The third-order valence-electron chi connectivity index (χ3n) is 2.55. The number of nitrogens with zero attached hydrogens (tertiary/aromatic N) is 4. The molecular weight excluding hydrogens is 200 g/mol. The number of hydrogen-bond donors (Lipinski definition) is 0. The summed E-state index contributed by atoms with van der Waals surface area (Å²) in [6.45, 7) is 0. The summed E-state index contributed by atoms with van der Waals surface area (Å²) in [6, 6.07) is 10.1. The summed E-state index contributed by atoms with van der Waals surface area (Å²) < 4.78 is 1.78. The van der Waals surface area contributed by atoms with Gasteiger partial charge in [-0.15, -0.1) is 0 Å². The molecule has 0 saturated carbocycles. The second-order valence-electron chi connectivity index (χ2n) is 3.60. The van der Waals surface area contributed by atoms with Gasteiger partial charge in [-0.05, 0) is 0 Å². The summed E-state index contributed by atoms with van der Waals surface area (Å²) in [7, 11) is 1.89. The molecule has 0 radical (unpaired) electrons. The molecule has 0 N–H and O–H groups in total. The molecular formula is C12H10N4. The number of hydrogen-bond acceptors (Lipinski definition) is 3. The van der Waals surface area contributed by atoms with Crippen LogP contribution in [-0.2, 0) is 7.05 Å². The molecule has 0 aliphatic rings. The smallest absolute Gasteiger partial charge is 0.161 e. The van der Waals surface area contributed by atoms with Crippen LogP contribution in [-0.4, -0.2) is 19.7 Å². The Hall–Kier alpha value is -2.23. The summed E-state index contributed by atoms with van der Waals surface area (Å²) in [5, 5.41) is 5.46. The molecule has 0 saturated heterocycles. The fourth-order valence-corrected chi connectivity index (χ4v) is 1.81. The lowest BCUT2D eigenvalue weighted by Gasteiger charge is -1.95. The van der Waals surface area contributed by atoms with Crippen LogP contribution in [0.4, 0.5) is 0 Å². The first kappa shape index (κ1) is 9.03. The maximum absolute atomic E-state index is 4.47. The SMILES string of the molecule is Cn1nc(-c2ccccc2)c2cncnc21. The number of aromatic nitrogens is 4. The average Bonchev–Trinajstić information content (AvgIpc) is 2.69. The molecule has 0 spiro atoms. The molecule has 0 atom stereocenters. The average molecular weight is 210 g/mol. The highest BCUT2D eigenvalue weighted by Gasteiger charge is 2.10. The Labute approximate surface area is 92.6 Å². The second-order valence-corrected chi connectivity index (χ2v) is 3.60. The van der Waals surface area contributed by atoms with E-state index in [2.05, 4.69) is 15.1 Å². The Morgan fingerprint density at radius 2 is 1.94 bits per heavy atom. The fourth-order valence-electron chi connectivity index (χ4n) is 1.81. The van der Waals surface area contributed by atoms with E-state index in [9.17, 15) is 0 Å². The minimum atomic E-state index is 0.855. The predicted octanol–water partition coefficient (Wildman–Crippen LogP) is 2.03. The molecule has 4 nitrogen and oxygen atoms in total. The highest BCUT2D eigenvalue weighted by molar-refractivity contribution is 5.90. The predicted molar refractivity (Wildman–Crippen MR) is 61.7 cm³/mol. The normalized spacial score (nSPS) is 10.8. The molecule has 0 bridgehead atoms. The van der Waals surface area contributed by atoms with Crippen molar-refractivity contribution in [3.05, 3.63) is 42.9 Å². The lowest BCUT2D eigenvalue weighted by atomic mass is 10.1. The van der Waals surface area contributed by atoms with Gasteiger partial charge in [0.25, 0.3) is 0 Å². The number of benzene rings is 1. The molecule has 78 valence electrons. The zero-order valence-corrected chi connectivity index (χ0v) is 8.83. The molecule has 0 fully saturated rings. The molecule has 0 aliphatic carbocycles. The van der Waals surface area contributed by atoms with Gasteiger partial charge in [0, 0.05) is 18.8 Å². The van der Waals surface area contributed by atoms with E-state index in [1.54, 1.807) is 17.2 Å². The van der Waals surface area contributed by atoms with Crippen LogP contribution in [0, 0.1) is 0 Å². The van der Waals surface area contributed by atoms with Gasteiger partial charge in [0.1, 0.15) is 12.0 Å². The van der Waals surface area contributed by atoms with Crippen LogP contribution in [0.2, 0.25) is 0 Å². The Morgan fingerprint density at radius 1 is 1.12 bits per heavy atom. The van der Waals surface area contributed by atoms with Crippen LogP contribution in [0.15, 0.2) is 42.9 Å². The van der Waals surface area contributed by atoms with Crippen LogP contribution >= 0.6 is 0 Å². The molecule has 2 aromatic heterocycles. The highest BCUT2D eigenvalue weighted by atomic mass is 15.3. The summed E-state index contributed by atoms with van der Waals surface area (Å²) in [5.74, 6) is 0. The second kappa shape index (κ2) is 3.41. The highest BCUT2D eigenvalue weighted by Crippen LogP contribution is 2.24. The van der Waals surface area contributed by atoms with Gasteiger partial charge in [0.2, 0.25) is 0 Å². The van der Waals surface area contributed by atoms with Crippen molar-refractivity contribution >= 4 is 11.0 Å². The van der Waals surface area contributed by atoms with Crippen LogP contribution < -0.4 is 0 Å². The monoisotopic (exact) mass is 210 g/mol. The molecule has 0 unspecified atom stereocenters. The van der Waals surface area contributed by atoms with Crippen molar-refractivity contribution < 1.29 is 0 Å². The zero-order chi connectivity index (χ0) is 11.0. The maximum Gasteiger partial charge on any atom is 0.161 e. The molecule has 1 aromatic carbocycles. The lowest BCUT2D eigenvalue weighted by molar-refractivity contribution is 0.788. The van der Waals surface area contributed by atoms with E-state index in [4.69, 9.17) is 0 Å². The maximum atomic E-state index is 4.47. The lowest BCUT2D eigenvalue weighted by Crippen LogP contribution is -1.91. The van der Waals surface area contributed by atoms with Crippen molar-refractivity contribution in [1.29, 1.82) is 0 Å². The van der Waals surface area contributed by atoms with E-state index in [1.165, 1.54) is 0 Å². The number of fused-ring (bicyclic) bond motifs is 1. The molecule has 3 aromatic rings. The third kappa shape index (κ3) is 1.27. The zero-order valence-electron chi connectivity index (χ0n) is 8.83. The molecule has 16 heavy (non-hydrogen) atoms. The minimum absolute atomic E-state index is 0.855. The van der Waals surface area contributed by atoms with E-state index in [-0.39, 0.29) is 0 Å². The largest absolute Gasteiger partial charge is 0.250 e. The van der Waals surface area contributed by atoms with Crippen molar-refractivity contribution in [2.45, 2.75) is 0 Å². The summed E-state index contributed by atoms with van der Waals surface area (Å²) >= 11 is 0. The first-order valence-corrected chi connectivity index (χ1v) is 5.04. The van der Waals surface area contributed by atoms with Gasteiger partial charge < -0.3 is 0 Å². The van der Waals surface area contributed by atoms with Gasteiger partial charge in [0.15, 0.2) is 5.65 Å².